The number of carboxylic acids is 1. The van der Waals surface area contributed by atoms with Crippen molar-refractivity contribution in [3.8, 4) is 0 Å². The van der Waals surface area contributed by atoms with Crippen LogP contribution in [0.25, 0.3) is 0 Å². The van der Waals surface area contributed by atoms with Gasteiger partial charge in [0, 0.05) is 6.61 Å². The van der Waals surface area contributed by atoms with Crippen molar-refractivity contribution in [1.29, 1.82) is 0 Å². The van der Waals surface area contributed by atoms with Gasteiger partial charge in [-0.15, -0.1) is 0 Å². The van der Waals surface area contributed by atoms with Crippen molar-refractivity contribution in [1.82, 2.24) is 0 Å². The zero-order valence-corrected chi connectivity index (χ0v) is 8.79. The van der Waals surface area contributed by atoms with Gasteiger partial charge in [0.25, 0.3) is 0 Å². The lowest BCUT2D eigenvalue weighted by atomic mass is 10.3. The predicted octanol–water partition coefficient (Wildman–Crippen LogP) is 0.0533. The number of carboxylic acid groups (broad SMARTS) is 1. The van der Waals surface area contributed by atoms with Crippen molar-refractivity contribution < 1.29 is 23.1 Å². The first-order valence-electron chi connectivity index (χ1n) is 4.53. The van der Waals surface area contributed by atoms with Gasteiger partial charge >= 0.3 is 5.97 Å². The summed E-state index contributed by atoms with van der Waals surface area (Å²) in [5.41, 5.74) is 0. The lowest BCUT2D eigenvalue weighted by Gasteiger charge is -2.15. The van der Waals surface area contributed by atoms with Crippen LogP contribution in [0.5, 0.6) is 0 Å². The van der Waals surface area contributed by atoms with Crippen LogP contribution in [0.1, 0.15) is 19.8 Å². The molecule has 1 saturated heterocycles. The van der Waals surface area contributed by atoms with Gasteiger partial charge in [0.15, 0.2) is 15.1 Å². The fourth-order valence-electron chi connectivity index (χ4n) is 1.55. The lowest BCUT2D eigenvalue weighted by molar-refractivity contribution is -0.136. The number of hydrogen-bond donors (Lipinski definition) is 1. The molecule has 2 atom stereocenters. The Hall–Kier alpha value is -0.620. The highest BCUT2D eigenvalue weighted by molar-refractivity contribution is 7.93. The van der Waals surface area contributed by atoms with Gasteiger partial charge in [-0.05, 0) is 12.8 Å². The summed E-state index contributed by atoms with van der Waals surface area (Å²) in [6.45, 7) is 2.10. The molecule has 0 bridgehead atoms. The number of aliphatic carboxylic acids is 1. The van der Waals surface area contributed by atoms with E-state index < -0.39 is 26.3 Å². The van der Waals surface area contributed by atoms with Gasteiger partial charge in [-0.25, -0.2) is 8.42 Å². The summed E-state index contributed by atoms with van der Waals surface area (Å²) in [6.07, 6.45) is 0.514. The Labute approximate surface area is 83.0 Å². The van der Waals surface area contributed by atoms with E-state index in [4.69, 9.17) is 9.84 Å². The molecule has 0 aromatic rings. The van der Waals surface area contributed by atoms with Crippen molar-refractivity contribution in [2.24, 2.45) is 0 Å². The van der Waals surface area contributed by atoms with E-state index in [0.717, 1.165) is 0 Å². The second-order valence-corrected chi connectivity index (χ2v) is 5.72. The Bertz CT molecular complexity index is 302. The zero-order valence-electron chi connectivity index (χ0n) is 7.97. The monoisotopic (exact) mass is 222 g/mol. The molecule has 82 valence electrons. The van der Waals surface area contributed by atoms with Gasteiger partial charge in [-0.2, -0.15) is 0 Å². The van der Waals surface area contributed by atoms with Gasteiger partial charge in [-0.3, -0.25) is 4.79 Å². The van der Waals surface area contributed by atoms with E-state index in [1.54, 1.807) is 6.92 Å². The summed E-state index contributed by atoms with van der Waals surface area (Å²) in [4.78, 5) is 10.7. The topological polar surface area (TPSA) is 80.7 Å². The fraction of sp³-hybridized carbons (Fsp3) is 0.875. The van der Waals surface area contributed by atoms with Crippen LogP contribution in [0.2, 0.25) is 0 Å². The highest BCUT2D eigenvalue weighted by Crippen LogP contribution is 2.20. The summed E-state index contributed by atoms with van der Waals surface area (Å²) in [6, 6.07) is 0. The van der Waals surface area contributed by atoms with E-state index in [9.17, 15) is 13.2 Å². The van der Waals surface area contributed by atoms with Crippen LogP contribution in [-0.2, 0) is 19.4 Å². The second-order valence-electron chi connectivity index (χ2n) is 3.31. The third-order valence-corrected chi connectivity index (χ3v) is 5.02. The molecule has 1 fully saturated rings. The van der Waals surface area contributed by atoms with Crippen molar-refractivity contribution in [3.05, 3.63) is 0 Å². The fourth-order valence-corrected chi connectivity index (χ4v) is 3.47. The summed E-state index contributed by atoms with van der Waals surface area (Å²) in [5, 5.41) is 6.83. The molecule has 1 heterocycles. The molecule has 0 saturated carbocycles. The molecule has 6 heteroatoms. The van der Waals surface area contributed by atoms with E-state index in [1.807, 2.05) is 0 Å². The second kappa shape index (κ2) is 4.27. The molecule has 0 radical (unpaired) electrons. The lowest BCUT2D eigenvalue weighted by Crippen LogP contribution is -2.37. The van der Waals surface area contributed by atoms with Crippen LogP contribution in [0.4, 0.5) is 0 Å². The first kappa shape index (κ1) is 11.5. The van der Waals surface area contributed by atoms with Crippen molar-refractivity contribution in [3.63, 3.8) is 0 Å². The van der Waals surface area contributed by atoms with Gasteiger partial charge < -0.3 is 9.84 Å². The maximum absolute atomic E-state index is 11.7. The SMILES string of the molecule is CCC(C(=O)O)S(=O)(=O)C1CCOC1. The molecule has 1 rings (SSSR count). The normalized spacial score (nSPS) is 24.8. The molecular formula is C8H14O5S. The standard InChI is InChI=1S/C8H14O5S/c1-2-7(8(9)10)14(11,12)6-3-4-13-5-6/h6-7H,2-5H2,1H3,(H,9,10). The van der Waals surface area contributed by atoms with Crippen LogP contribution < -0.4 is 0 Å². The van der Waals surface area contributed by atoms with E-state index in [-0.39, 0.29) is 13.0 Å². The summed E-state index contributed by atoms with van der Waals surface area (Å²) in [7, 11) is -3.57. The van der Waals surface area contributed by atoms with Crippen molar-refractivity contribution >= 4 is 15.8 Å². The Morgan fingerprint density at radius 3 is 2.64 bits per heavy atom. The van der Waals surface area contributed by atoms with E-state index in [1.165, 1.54) is 0 Å². The largest absolute Gasteiger partial charge is 0.480 e. The molecule has 0 aromatic heterocycles. The quantitative estimate of drug-likeness (QED) is 0.727. The molecule has 0 aliphatic carbocycles. The number of rotatable bonds is 4. The smallest absolute Gasteiger partial charge is 0.321 e. The molecule has 2 unspecified atom stereocenters. The Morgan fingerprint density at radius 2 is 2.29 bits per heavy atom. The maximum atomic E-state index is 11.7. The van der Waals surface area contributed by atoms with Crippen molar-refractivity contribution in [2.45, 2.75) is 30.3 Å². The summed E-state index contributed by atoms with van der Waals surface area (Å²) >= 11 is 0. The van der Waals surface area contributed by atoms with Crippen LogP contribution >= 0.6 is 0 Å². The molecule has 0 aromatic carbocycles. The number of hydrogen-bond acceptors (Lipinski definition) is 4. The molecule has 0 amide bonds. The molecule has 1 aliphatic rings. The molecule has 0 spiro atoms. The molecule has 5 nitrogen and oxygen atoms in total. The number of ether oxygens (including phenoxy) is 1. The van der Waals surface area contributed by atoms with Crippen molar-refractivity contribution in [2.75, 3.05) is 13.2 Å². The summed E-state index contributed by atoms with van der Waals surface area (Å²) < 4.78 is 28.4. The van der Waals surface area contributed by atoms with E-state index >= 15 is 0 Å². The Kier molecular flexibility index (Phi) is 3.49. The molecule has 1 aliphatic heterocycles. The first-order chi connectivity index (χ1) is 6.50. The van der Waals surface area contributed by atoms with Crippen LogP contribution in [0.3, 0.4) is 0 Å². The minimum absolute atomic E-state index is 0.105. The number of sulfone groups is 1. The predicted molar refractivity (Wildman–Crippen MR) is 49.9 cm³/mol. The highest BCUT2D eigenvalue weighted by atomic mass is 32.2. The zero-order chi connectivity index (χ0) is 10.8. The molecule has 1 N–H and O–H groups in total. The van der Waals surface area contributed by atoms with Gasteiger partial charge in [0.1, 0.15) is 0 Å². The first-order valence-corrected chi connectivity index (χ1v) is 6.14. The average molecular weight is 222 g/mol. The van der Waals surface area contributed by atoms with E-state index in [0.29, 0.717) is 13.0 Å². The van der Waals surface area contributed by atoms with Gasteiger partial charge in [0.05, 0.1) is 11.9 Å². The minimum Gasteiger partial charge on any atom is -0.480 e. The molecule has 14 heavy (non-hydrogen) atoms. The average Bonchev–Trinajstić information content (AvgIpc) is 2.55. The Morgan fingerprint density at radius 1 is 1.64 bits per heavy atom. The Balaban J connectivity index is 2.86. The third-order valence-electron chi connectivity index (χ3n) is 2.40. The number of carbonyl (C=O) groups is 1. The van der Waals surface area contributed by atoms with Gasteiger partial charge in [-0.1, -0.05) is 6.92 Å². The van der Waals surface area contributed by atoms with Crippen LogP contribution in [0.15, 0.2) is 0 Å². The summed E-state index contributed by atoms with van der Waals surface area (Å²) in [5.74, 6) is -1.26. The molecular weight excluding hydrogens is 208 g/mol. The van der Waals surface area contributed by atoms with Gasteiger partial charge in [0.2, 0.25) is 0 Å². The minimum atomic E-state index is -3.57. The van der Waals surface area contributed by atoms with Crippen LogP contribution in [0, 0.1) is 0 Å². The van der Waals surface area contributed by atoms with E-state index in [2.05, 4.69) is 0 Å². The highest BCUT2D eigenvalue weighted by Gasteiger charge is 2.39. The third kappa shape index (κ3) is 2.06. The van der Waals surface area contributed by atoms with Crippen LogP contribution in [-0.4, -0.2) is 43.2 Å². The maximum Gasteiger partial charge on any atom is 0.321 e.